The molecule has 1 rings (SSSR count). The zero-order valence-electron chi connectivity index (χ0n) is 12.5. The number of aliphatic hydroxyl groups is 1. The highest BCUT2D eigenvalue weighted by molar-refractivity contribution is 5.84. The van der Waals surface area contributed by atoms with Gasteiger partial charge in [-0.15, -0.1) is 0 Å². The molecule has 1 saturated carbocycles. The van der Waals surface area contributed by atoms with Gasteiger partial charge in [-0.2, -0.15) is 0 Å². The molecule has 3 unspecified atom stereocenters. The lowest BCUT2D eigenvalue weighted by atomic mass is 9.99. The van der Waals surface area contributed by atoms with E-state index >= 15 is 0 Å². The molecule has 8 nitrogen and oxygen atoms in total. The van der Waals surface area contributed by atoms with Crippen molar-refractivity contribution in [1.29, 1.82) is 0 Å². The summed E-state index contributed by atoms with van der Waals surface area (Å²) in [7, 11) is 1.27. The molecule has 1 aliphatic carbocycles. The zero-order valence-corrected chi connectivity index (χ0v) is 12.5. The second-order valence-electron chi connectivity index (χ2n) is 5.62. The first-order valence-corrected chi connectivity index (χ1v) is 7.00. The summed E-state index contributed by atoms with van der Waals surface area (Å²) < 4.78 is 4.66. The number of nitrogens with zero attached hydrogens (tertiary/aromatic N) is 3. The van der Waals surface area contributed by atoms with Crippen LogP contribution in [0, 0.1) is 11.8 Å². The molecule has 0 radical (unpaired) electrons. The SMILES string of the molecule is COC(=O)[C@@H](NC(=O)CC1CCC(N=[N+]=[N-])C1O)C(C)C. The predicted molar refractivity (Wildman–Crippen MR) is 75.1 cm³/mol. The van der Waals surface area contributed by atoms with Gasteiger partial charge < -0.3 is 15.2 Å². The van der Waals surface area contributed by atoms with Gasteiger partial charge in [0.25, 0.3) is 0 Å². The normalized spacial score (nSPS) is 26.0. The quantitative estimate of drug-likeness (QED) is 0.330. The first kappa shape index (κ1) is 17.3. The zero-order chi connectivity index (χ0) is 16.0. The molecule has 0 saturated heterocycles. The molecule has 4 atom stereocenters. The highest BCUT2D eigenvalue weighted by atomic mass is 16.5. The van der Waals surface area contributed by atoms with Crippen LogP contribution in [0.3, 0.4) is 0 Å². The molecular weight excluding hydrogens is 276 g/mol. The Morgan fingerprint density at radius 3 is 2.67 bits per heavy atom. The summed E-state index contributed by atoms with van der Waals surface area (Å²) in [4.78, 5) is 26.3. The second-order valence-corrected chi connectivity index (χ2v) is 5.62. The highest BCUT2D eigenvalue weighted by Crippen LogP contribution is 2.31. The molecule has 118 valence electrons. The van der Waals surface area contributed by atoms with Crippen molar-refractivity contribution in [2.45, 2.75) is 51.3 Å². The number of rotatable bonds is 6. The lowest BCUT2D eigenvalue weighted by Crippen LogP contribution is -2.45. The third-order valence-corrected chi connectivity index (χ3v) is 3.80. The number of ether oxygens (including phenoxy) is 1. The Bertz CT molecular complexity index is 434. The van der Waals surface area contributed by atoms with E-state index in [0.717, 1.165) is 0 Å². The van der Waals surface area contributed by atoms with Crippen molar-refractivity contribution in [3.8, 4) is 0 Å². The van der Waals surface area contributed by atoms with Crippen molar-refractivity contribution in [2.75, 3.05) is 7.11 Å². The minimum absolute atomic E-state index is 0.0918. The second kappa shape index (κ2) is 7.85. The Kier molecular flexibility index (Phi) is 6.45. The van der Waals surface area contributed by atoms with Crippen LogP contribution in [0.5, 0.6) is 0 Å². The van der Waals surface area contributed by atoms with Crippen molar-refractivity contribution < 1.29 is 19.4 Å². The maximum atomic E-state index is 12.0. The van der Waals surface area contributed by atoms with Crippen LogP contribution in [0.1, 0.15) is 33.1 Å². The van der Waals surface area contributed by atoms with Gasteiger partial charge in [-0.05, 0) is 30.2 Å². The van der Waals surface area contributed by atoms with Gasteiger partial charge in [0.2, 0.25) is 5.91 Å². The van der Waals surface area contributed by atoms with Crippen LogP contribution in [-0.2, 0) is 14.3 Å². The first-order valence-electron chi connectivity index (χ1n) is 7.00. The fraction of sp³-hybridized carbons (Fsp3) is 0.846. The number of nitrogens with one attached hydrogen (secondary N) is 1. The maximum absolute atomic E-state index is 12.0. The fourth-order valence-corrected chi connectivity index (χ4v) is 2.55. The average molecular weight is 298 g/mol. The van der Waals surface area contributed by atoms with E-state index in [9.17, 15) is 14.7 Å². The molecule has 0 bridgehead atoms. The molecule has 2 N–H and O–H groups in total. The molecule has 8 heteroatoms. The van der Waals surface area contributed by atoms with Crippen molar-refractivity contribution in [3.05, 3.63) is 10.4 Å². The monoisotopic (exact) mass is 298 g/mol. The third kappa shape index (κ3) is 4.61. The topological polar surface area (TPSA) is 124 Å². The van der Waals surface area contributed by atoms with Crippen LogP contribution in [-0.4, -0.2) is 42.3 Å². The number of amides is 1. The van der Waals surface area contributed by atoms with E-state index in [4.69, 9.17) is 5.53 Å². The first-order chi connectivity index (χ1) is 9.90. The van der Waals surface area contributed by atoms with Gasteiger partial charge >= 0.3 is 5.97 Å². The van der Waals surface area contributed by atoms with Gasteiger partial charge in [0, 0.05) is 11.3 Å². The number of hydrogen-bond acceptors (Lipinski definition) is 5. The predicted octanol–water partition coefficient (Wildman–Crippen LogP) is 1.14. The van der Waals surface area contributed by atoms with E-state index in [1.807, 2.05) is 13.8 Å². The number of hydrogen-bond donors (Lipinski definition) is 2. The van der Waals surface area contributed by atoms with Gasteiger partial charge in [0.05, 0.1) is 19.3 Å². The summed E-state index contributed by atoms with van der Waals surface area (Å²) in [5, 5.41) is 16.1. The standard InChI is InChI=1S/C13H22N4O4/c1-7(2)11(13(20)21-3)15-10(18)6-8-4-5-9(12(8)19)16-17-14/h7-9,11-12,19H,4-6H2,1-3H3,(H,15,18)/t8?,9?,11-,12?/m0/s1. The summed E-state index contributed by atoms with van der Waals surface area (Å²) in [5.41, 5.74) is 8.40. The Balaban J connectivity index is 2.57. The number of aliphatic hydroxyl groups excluding tert-OH is 1. The molecule has 1 aliphatic rings. The largest absolute Gasteiger partial charge is 0.467 e. The van der Waals surface area contributed by atoms with Crippen molar-refractivity contribution in [2.24, 2.45) is 17.0 Å². The molecule has 1 amide bonds. The minimum atomic E-state index is -0.817. The van der Waals surface area contributed by atoms with Crippen LogP contribution < -0.4 is 5.32 Å². The van der Waals surface area contributed by atoms with E-state index in [2.05, 4.69) is 20.1 Å². The number of carbonyl (C=O) groups is 2. The molecule has 0 aromatic heterocycles. The third-order valence-electron chi connectivity index (χ3n) is 3.80. The van der Waals surface area contributed by atoms with Gasteiger partial charge in [0.15, 0.2) is 0 Å². The van der Waals surface area contributed by atoms with Crippen molar-refractivity contribution in [3.63, 3.8) is 0 Å². The maximum Gasteiger partial charge on any atom is 0.328 e. The van der Waals surface area contributed by atoms with E-state index in [1.165, 1.54) is 7.11 Å². The minimum Gasteiger partial charge on any atom is -0.467 e. The molecule has 0 aromatic carbocycles. The Morgan fingerprint density at radius 1 is 1.48 bits per heavy atom. The summed E-state index contributed by atoms with van der Waals surface area (Å²) in [5.74, 6) is -1.15. The van der Waals surface area contributed by atoms with Crippen LogP contribution in [0.4, 0.5) is 0 Å². The van der Waals surface area contributed by atoms with Gasteiger partial charge in [-0.1, -0.05) is 19.0 Å². The van der Waals surface area contributed by atoms with Crippen LogP contribution >= 0.6 is 0 Å². The lowest BCUT2D eigenvalue weighted by molar-refractivity contribution is -0.146. The molecule has 0 aliphatic heterocycles. The summed E-state index contributed by atoms with van der Waals surface area (Å²) in [6, 6.07) is -1.18. The fourth-order valence-electron chi connectivity index (χ4n) is 2.55. The number of azide groups is 1. The van der Waals surface area contributed by atoms with Gasteiger partial charge in [-0.3, -0.25) is 4.79 Å². The smallest absolute Gasteiger partial charge is 0.328 e. The van der Waals surface area contributed by atoms with Crippen molar-refractivity contribution >= 4 is 11.9 Å². The molecule has 0 spiro atoms. The van der Waals surface area contributed by atoms with Crippen molar-refractivity contribution in [1.82, 2.24) is 5.32 Å². The number of esters is 1. The lowest BCUT2D eigenvalue weighted by Gasteiger charge is -2.22. The molecule has 21 heavy (non-hydrogen) atoms. The van der Waals surface area contributed by atoms with Gasteiger partial charge in [-0.25, -0.2) is 4.79 Å². The Labute approximate surface area is 123 Å². The molecule has 0 aromatic rings. The van der Waals surface area contributed by atoms with Gasteiger partial charge in [0.1, 0.15) is 6.04 Å². The number of carbonyl (C=O) groups excluding carboxylic acids is 2. The summed E-state index contributed by atoms with van der Waals surface area (Å²) in [6.45, 7) is 3.62. The van der Waals surface area contributed by atoms with Crippen LogP contribution in [0.15, 0.2) is 5.11 Å². The molecule has 1 fully saturated rings. The van der Waals surface area contributed by atoms with E-state index in [1.54, 1.807) is 0 Å². The average Bonchev–Trinajstić information content (AvgIpc) is 2.77. The highest BCUT2D eigenvalue weighted by Gasteiger charge is 2.36. The van der Waals surface area contributed by atoms with Crippen LogP contribution in [0.25, 0.3) is 10.4 Å². The van der Waals surface area contributed by atoms with E-state index in [0.29, 0.717) is 12.8 Å². The molecular formula is C13H22N4O4. The number of methoxy groups -OCH3 is 1. The van der Waals surface area contributed by atoms with E-state index < -0.39 is 24.2 Å². The molecule has 0 heterocycles. The van der Waals surface area contributed by atoms with Crippen LogP contribution in [0.2, 0.25) is 0 Å². The Hall–Kier alpha value is -1.79. The Morgan fingerprint density at radius 2 is 2.14 bits per heavy atom. The summed E-state index contributed by atoms with van der Waals surface area (Å²) in [6.07, 6.45) is 0.456. The summed E-state index contributed by atoms with van der Waals surface area (Å²) >= 11 is 0. The van der Waals surface area contributed by atoms with E-state index in [-0.39, 0.29) is 24.2 Å².